The van der Waals surface area contributed by atoms with Crippen molar-refractivity contribution in [2.75, 3.05) is 5.32 Å². The largest absolute Gasteiger partial charge is 0.366 e. The van der Waals surface area contributed by atoms with Crippen LogP contribution in [0.15, 0.2) is 46.7 Å². The van der Waals surface area contributed by atoms with Crippen LogP contribution in [-0.4, -0.2) is 15.8 Å². The standard InChI is InChI=1S/C12H13N3O4/c1-3-8(10(4-2)15(18)19)12(17)14-9-7-13-6-5-11(9)16/h3-7H,1-2H3,(H,13,16)(H,14,17)/b8-3+,10-4+. The molecule has 7 heteroatoms. The molecule has 2 N–H and O–H groups in total. The molecule has 7 nitrogen and oxygen atoms in total. The highest BCUT2D eigenvalue weighted by atomic mass is 16.6. The number of rotatable bonds is 4. The van der Waals surface area contributed by atoms with Gasteiger partial charge in [-0.1, -0.05) is 6.08 Å². The van der Waals surface area contributed by atoms with Gasteiger partial charge in [-0.25, -0.2) is 0 Å². The average Bonchev–Trinajstić information content (AvgIpc) is 2.37. The maximum atomic E-state index is 11.9. The number of hydrogen-bond donors (Lipinski definition) is 2. The molecule has 0 aliphatic rings. The molecule has 0 saturated carbocycles. The second kappa shape index (κ2) is 6.29. The molecule has 0 unspecified atom stereocenters. The SMILES string of the molecule is C/C=C(C(=O)Nc1c[nH]ccc1=O)\C(=C/C)[N+](=O)[O-]. The second-order valence-corrected chi connectivity index (χ2v) is 3.51. The van der Waals surface area contributed by atoms with E-state index in [0.29, 0.717) is 0 Å². The van der Waals surface area contributed by atoms with Crippen LogP contribution >= 0.6 is 0 Å². The molecule has 0 radical (unpaired) electrons. The van der Waals surface area contributed by atoms with Gasteiger partial charge in [0.1, 0.15) is 11.3 Å². The summed E-state index contributed by atoms with van der Waals surface area (Å²) in [4.78, 5) is 36.2. The molecule has 0 aliphatic carbocycles. The number of pyridine rings is 1. The van der Waals surface area contributed by atoms with Gasteiger partial charge in [0.25, 0.3) is 11.6 Å². The van der Waals surface area contributed by atoms with Gasteiger partial charge in [0.05, 0.1) is 4.92 Å². The molecule has 0 bridgehead atoms. The fourth-order valence-electron chi connectivity index (χ4n) is 1.46. The van der Waals surface area contributed by atoms with Crippen molar-refractivity contribution in [3.8, 4) is 0 Å². The lowest BCUT2D eigenvalue weighted by atomic mass is 10.1. The summed E-state index contributed by atoms with van der Waals surface area (Å²) in [6.45, 7) is 2.97. The summed E-state index contributed by atoms with van der Waals surface area (Å²) >= 11 is 0. The number of nitrogens with one attached hydrogen (secondary N) is 2. The summed E-state index contributed by atoms with van der Waals surface area (Å²) in [5, 5.41) is 13.1. The third-order valence-corrected chi connectivity index (χ3v) is 2.35. The Morgan fingerprint density at radius 3 is 2.58 bits per heavy atom. The third kappa shape index (κ3) is 3.38. The highest BCUT2D eigenvalue weighted by molar-refractivity contribution is 6.06. The second-order valence-electron chi connectivity index (χ2n) is 3.51. The number of hydrogen-bond acceptors (Lipinski definition) is 4. The number of aromatic nitrogens is 1. The van der Waals surface area contributed by atoms with Gasteiger partial charge in [-0.3, -0.25) is 19.7 Å². The van der Waals surface area contributed by atoms with Crippen molar-refractivity contribution < 1.29 is 9.72 Å². The summed E-state index contributed by atoms with van der Waals surface area (Å²) in [7, 11) is 0. The lowest BCUT2D eigenvalue weighted by Crippen LogP contribution is -2.22. The monoisotopic (exact) mass is 263 g/mol. The molecule has 0 saturated heterocycles. The first-order chi connectivity index (χ1) is 9.01. The molecular weight excluding hydrogens is 250 g/mol. The fourth-order valence-corrected chi connectivity index (χ4v) is 1.46. The van der Waals surface area contributed by atoms with Crippen molar-refractivity contribution in [1.29, 1.82) is 0 Å². The van der Waals surface area contributed by atoms with Crippen LogP contribution in [0, 0.1) is 10.1 Å². The minimum atomic E-state index is -0.705. The molecule has 1 amide bonds. The van der Waals surface area contributed by atoms with Crippen LogP contribution in [0.5, 0.6) is 0 Å². The number of H-pyrrole nitrogens is 1. The molecular formula is C12H13N3O4. The quantitative estimate of drug-likeness (QED) is 0.371. The lowest BCUT2D eigenvalue weighted by molar-refractivity contribution is -0.420. The molecule has 0 spiro atoms. The fraction of sp³-hybridized carbons (Fsp3) is 0.167. The van der Waals surface area contributed by atoms with Crippen LogP contribution in [0.1, 0.15) is 13.8 Å². The van der Waals surface area contributed by atoms with Crippen molar-refractivity contribution in [3.05, 3.63) is 62.2 Å². The number of amides is 1. The number of nitrogens with zero attached hydrogens (tertiary/aromatic N) is 1. The number of aromatic amines is 1. The zero-order chi connectivity index (χ0) is 14.4. The molecule has 1 aromatic heterocycles. The minimum Gasteiger partial charge on any atom is -0.366 e. The highest BCUT2D eigenvalue weighted by Crippen LogP contribution is 2.12. The Morgan fingerprint density at radius 2 is 2.11 bits per heavy atom. The van der Waals surface area contributed by atoms with E-state index >= 15 is 0 Å². The van der Waals surface area contributed by atoms with E-state index in [1.54, 1.807) is 0 Å². The van der Waals surface area contributed by atoms with Crippen molar-refractivity contribution in [2.24, 2.45) is 0 Å². The van der Waals surface area contributed by atoms with E-state index < -0.39 is 10.8 Å². The molecule has 0 aliphatic heterocycles. The van der Waals surface area contributed by atoms with Crippen LogP contribution in [0.25, 0.3) is 0 Å². The van der Waals surface area contributed by atoms with Gasteiger partial charge in [-0.15, -0.1) is 0 Å². The van der Waals surface area contributed by atoms with Crippen LogP contribution in [-0.2, 0) is 4.79 Å². The predicted octanol–water partition coefficient (Wildman–Crippen LogP) is 1.44. The summed E-state index contributed by atoms with van der Waals surface area (Å²) in [6.07, 6.45) is 5.28. The Hall–Kier alpha value is -2.70. The first kappa shape index (κ1) is 14.4. The molecule has 1 heterocycles. The van der Waals surface area contributed by atoms with Crippen molar-refractivity contribution in [3.63, 3.8) is 0 Å². The topological polar surface area (TPSA) is 105 Å². The molecule has 100 valence electrons. The van der Waals surface area contributed by atoms with E-state index in [0.717, 1.165) is 0 Å². The highest BCUT2D eigenvalue weighted by Gasteiger charge is 2.22. The molecule has 0 atom stereocenters. The van der Waals surface area contributed by atoms with Crippen LogP contribution in [0.3, 0.4) is 0 Å². The smallest absolute Gasteiger partial charge is 0.277 e. The van der Waals surface area contributed by atoms with Gasteiger partial charge >= 0.3 is 0 Å². The van der Waals surface area contributed by atoms with E-state index in [9.17, 15) is 19.7 Å². The minimum absolute atomic E-state index is 0.0330. The third-order valence-electron chi connectivity index (χ3n) is 2.35. The van der Waals surface area contributed by atoms with Crippen molar-refractivity contribution >= 4 is 11.6 Å². The van der Waals surface area contributed by atoms with Gasteiger partial charge in [0, 0.05) is 18.5 Å². The lowest BCUT2D eigenvalue weighted by Gasteiger charge is -2.05. The van der Waals surface area contributed by atoms with Gasteiger partial charge in [0.2, 0.25) is 5.43 Å². The summed E-state index contributed by atoms with van der Waals surface area (Å²) < 4.78 is 0. The van der Waals surface area contributed by atoms with Gasteiger partial charge in [0.15, 0.2) is 0 Å². The van der Waals surface area contributed by atoms with Crippen molar-refractivity contribution in [1.82, 2.24) is 4.98 Å². The number of carbonyl (C=O) groups is 1. The maximum absolute atomic E-state index is 11.9. The first-order valence-corrected chi connectivity index (χ1v) is 5.47. The molecule has 19 heavy (non-hydrogen) atoms. The zero-order valence-corrected chi connectivity index (χ0v) is 10.5. The average molecular weight is 263 g/mol. The Labute approximate surface area is 108 Å². The Bertz CT molecular complexity index is 613. The van der Waals surface area contributed by atoms with E-state index in [-0.39, 0.29) is 22.4 Å². The van der Waals surface area contributed by atoms with Crippen LogP contribution in [0.4, 0.5) is 5.69 Å². The van der Waals surface area contributed by atoms with Gasteiger partial charge in [-0.05, 0) is 19.9 Å². The summed E-state index contributed by atoms with van der Waals surface area (Å²) in [6, 6.07) is 1.25. The zero-order valence-electron chi connectivity index (χ0n) is 10.5. The Kier molecular flexibility index (Phi) is 4.76. The molecule has 0 fully saturated rings. The van der Waals surface area contributed by atoms with E-state index in [4.69, 9.17) is 0 Å². The van der Waals surface area contributed by atoms with Crippen molar-refractivity contribution in [2.45, 2.75) is 13.8 Å². The predicted molar refractivity (Wildman–Crippen MR) is 70.2 cm³/mol. The van der Waals surface area contributed by atoms with E-state index in [2.05, 4.69) is 10.3 Å². The summed E-state index contributed by atoms with van der Waals surface area (Å²) in [5.74, 6) is -0.705. The Morgan fingerprint density at radius 1 is 1.42 bits per heavy atom. The number of carbonyl (C=O) groups excluding carboxylic acids is 1. The Balaban J connectivity index is 3.03. The first-order valence-electron chi connectivity index (χ1n) is 5.47. The molecule has 1 rings (SSSR count). The number of nitro groups is 1. The number of anilines is 1. The van der Waals surface area contributed by atoms with Crippen LogP contribution in [0.2, 0.25) is 0 Å². The van der Waals surface area contributed by atoms with E-state index in [1.165, 1.54) is 44.5 Å². The van der Waals surface area contributed by atoms with Crippen LogP contribution < -0.4 is 10.7 Å². The van der Waals surface area contributed by atoms with Gasteiger partial charge < -0.3 is 10.3 Å². The summed E-state index contributed by atoms with van der Waals surface area (Å²) in [5.41, 5.74) is -0.764. The normalized spacial score (nSPS) is 12.1. The number of allylic oxidation sites excluding steroid dienone is 2. The molecule has 0 aromatic carbocycles. The van der Waals surface area contributed by atoms with Gasteiger partial charge in [-0.2, -0.15) is 0 Å². The van der Waals surface area contributed by atoms with E-state index in [1.807, 2.05) is 0 Å². The maximum Gasteiger partial charge on any atom is 0.277 e. The molecule has 1 aromatic rings.